The Morgan fingerprint density at radius 3 is 2.55 bits per heavy atom. The lowest BCUT2D eigenvalue weighted by Gasteiger charge is -2.32. The van der Waals surface area contributed by atoms with E-state index in [9.17, 15) is 14.4 Å². The Hall–Kier alpha value is -3.79. The van der Waals surface area contributed by atoms with E-state index in [2.05, 4.69) is 29.2 Å². The summed E-state index contributed by atoms with van der Waals surface area (Å²) in [5.74, 6) is 0.587. The third kappa shape index (κ3) is 5.40. The highest BCUT2D eigenvalue weighted by molar-refractivity contribution is 5.97. The van der Waals surface area contributed by atoms with Crippen molar-refractivity contribution >= 4 is 34.3 Å². The molecule has 0 saturated carbocycles. The Kier molecular flexibility index (Phi) is 7.42. The zero-order chi connectivity index (χ0) is 26.8. The highest BCUT2D eigenvalue weighted by atomic mass is 16.3. The molecule has 0 aliphatic carbocycles. The molecule has 0 unspecified atom stereocenters. The quantitative estimate of drug-likeness (QED) is 0.604. The van der Waals surface area contributed by atoms with E-state index >= 15 is 0 Å². The van der Waals surface area contributed by atoms with Crippen molar-refractivity contribution in [1.82, 2.24) is 30.7 Å². The first kappa shape index (κ1) is 25.8. The summed E-state index contributed by atoms with van der Waals surface area (Å²) in [6.07, 6.45) is 8.77. The molecule has 0 atom stereocenters. The second-order valence-corrected chi connectivity index (χ2v) is 10.4. The summed E-state index contributed by atoms with van der Waals surface area (Å²) < 4.78 is 6.16. The topological polar surface area (TPSA) is 101 Å². The van der Waals surface area contributed by atoms with Crippen LogP contribution in [0.3, 0.4) is 0 Å². The SMILES string of the molecule is CC(=O)N1CCC(c2cc(C3=CCCN(C(=O)CCN4C=CNN4)C3)cc3cc(C(=O)N(C)C)oc23)CC1. The number of nitrogens with zero attached hydrogens (tertiary/aromatic N) is 4. The summed E-state index contributed by atoms with van der Waals surface area (Å²) >= 11 is 0. The number of rotatable bonds is 6. The van der Waals surface area contributed by atoms with Crippen LogP contribution in [-0.2, 0) is 9.59 Å². The molecule has 38 heavy (non-hydrogen) atoms. The van der Waals surface area contributed by atoms with E-state index in [1.807, 2.05) is 27.1 Å². The van der Waals surface area contributed by atoms with Crippen LogP contribution >= 0.6 is 0 Å². The Morgan fingerprint density at radius 1 is 1.08 bits per heavy atom. The molecule has 5 rings (SSSR count). The van der Waals surface area contributed by atoms with Crippen molar-refractivity contribution in [3.63, 3.8) is 0 Å². The molecule has 10 heteroatoms. The fourth-order valence-electron chi connectivity index (χ4n) is 5.46. The molecular weight excluding hydrogens is 484 g/mol. The maximum atomic E-state index is 13.0. The van der Waals surface area contributed by atoms with Crippen LogP contribution in [0.4, 0.5) is 0 Å². The van der Waals surface area contributed by atoms with Gasteiger partial charge in [-0.3, -0.25) is 19.4 Å². The van der Waals surface area contributed by atoms with Crippen molar-refractivity contribution < 1.29 is 18.8 Å². The predicted molar refractivity (Wildman–Crippen MR) is 144 cm³/mol. The van der Waals surface area contributed by atoms with E-state index in [4.69, 9.17) is 4.42 Å². The van der Waals surface area contributed by atoms with Gasteiger partial charge in [-0.2, -0.15) is 0 Å². The summed E-state index contributed by atoms with van der Waals surface area (Å²) in [5.41, 5.74) is 9.82. The van der Waals surface area contributed by atoms with Gasteiger partial charge in [-0.15, -0.1) is 5.53 Å². The van der Waals surface area contributed by atoms with Crippen LogP contribution < -0.4 is 11.0 Å². The molecule has 10 nitrogen and oxygen atoms in total. The molecule has 0 radical (unpaired) electrons. The summed E-state index contributed by atoms with van der Waals surface area (Å²) in [4.78, 5) is 42.9. The lowest BCUT2D eigenvalue weighted by Crippen LogP contribution is -2.40. The molecule has 3 aliphatic heterocycles. The number of piperidine rings is 1. The smallest absolute Gasteiger partial charge is 0.289 e. The van der Waals surface area contributed by atoms with E-state index in [1.165, 1.54) is 4.90 Å². The van der Waals surface area contributed by atoms with E-state index < -0.39 is 0 Å². The van der Waals surface area contributed by atoms with Crippen LogP contribution in [0.1, 0.15) is 60.2 Å². The van der Waals surface area contributed by atoms with Crippen LogP contribution in [0.5, 0.6) is 0 Å². The molecule has 2 aromatic rings. The van der Waals surface area contributed by atoms with Gasteiger partial charge in [-0.25, -0.2) is 0 Å². The maximum absolute atomic E-state index is 13.0. The fourth-order valence-corrected chi connectivity index (χ4v) is 5.46. The number of hydrogen-bond donors (Lipinski definition) is 2. The minimum Gasteiger partial charge on any atom is -0.451 e. The average Bonchev–Trinajstić information content (AvgIpc) is 3.61. The Bertz CT molecular complexity index is 1290. The van der Waals surface area contributed by atoms with Gasteiger partial charge >= 0.3 is 0 Å². The average molecular weight is 521 g/mol. The number of benzene rings is 1. The lowest BCUT2D eigenvalue weighted by atomic mass is 9.86. The molecule has 0 spiro atoms. The first-order valence-electron chi connectivity index (χ1n) is 13.3. The molecule has 3 aliphatic rings. The molecule has 1 aromatic heterocycles. The molecule has 4 heterocycles. The lowest BCUT2D eigenvalue weighted by molar-refractivity contribution is -0.131. The fraction of sp³-hybridized carbons (Fsp3) is 0.464. The van der Waals surface area contributed by atoms with Gasteiger partial charge in [0.2, 0.25) is 11.8 Å². The highest BCUT2D eigenvalue weighted by Gasteiger charge is 2.28. The van der Waals surface area contributed by atoms with Crippen molar-refractivity contribution in [3.8, 4) is 0 Å². The van der Waals surface area contributed by atoms with E-state index in [1.54, 1.807) is 27.2 Å². The molecule has 1 saturated heterocycles. The van der Waals surface area contributed by atoms with Crippen molar-refractivity contribution in [2.45, 2.75) is 38.5 Å². The van der Waals surface area contributed by atoms with Gasteiger partial charge in [0, 0.05) is 77.9 Å². The third-order valence-corrected chi connectivity index (χ3v) is 7.63. The minimum atomic E-state index is -0.175. The summed E-state index contributed by atoms with van der Waals surface area (Å²) in [6, 6.07) is 6.07. The molecule has 1 aromatic carbocycles. The number of nitrogens with one attached hydrogen (secondary N) is 2. The Morgan fingerprint density at radius 2 is 1.87 bits per heavy atom. The summed E-state index contributed by atoms with van der Waals surface area (Å²) in [7, 11) is 3.43. The zero-order valence-corrected chi connectivity index (χ0v) is 22.3. The number of furan rings is 1. The molecule has 0 bridgehead atoms. The van der Waals surface area contributed by atoms with Gasteiger partial charge in [-0.1, -0.05) is 6.08 Å². The van der Waals surface area contributed by atoms with Gasteiger partial charge in [0.1, 0.15) is 5.58 Å². The molecule has 1 fully saturated rings. The van der Waals surface area contributed by atoms with Crippen molar-refractivity contribution in [2.75, 3.05) is 46.8 Å². The number of carbonyl (C=O) groups is 3. The number of hydrazine groups is 2. The first-order valence-corrected chi connectivity index (χ1v) is 13.3. The second-order valence-electron chi connectivity index (χ2n) is 10.4. The number of fused-ring (bicyclic) bond motifs is 1. The van der Waals surface area contributed by atoms with Crippen molar-refractivity contribution in [2.24, 2.45) is 0 Å². The summed E-state index contributed by atoms with van der Waals surface area (Å²) in [5, 5.41) is 2.74. The van der Waals surface area contributed by atoms with Gasteiger partial charge in [0.05, 0.1) is 0 Å². The second kappa shape index (κ2) is 10.9. The van der Waals surface area contributed by atoms with Crippen molar-refractivity contribution in [3.05, 3.63) is 53.6 Å². The highest BCUT2D eigenvalue weighted by Crippen LogP contribution is 2.38. The van der Waals surface area contributed by atoms with Gasteiger partial charge < -0.3 is 24.5 Å². The van der Waals surface area contributed by atoms with Crippen LogP contribution in [-0.4, -0.2) is 84.2 Å². The van der Waals surface area contributed by atoms with Crippen molar-refractivity contribution in [1.29, 1.82) is 0 Å². The molecular formula is C28H36N6O4. The van der Waals surface area contributed by atoms with E-state index in [0.717, 1.165) is 46.9 Å². The maximum Gasteiger partial charge on any atom is 0.289 e. The Balaban J connectivity index is 1.41. The van der Waals surface area contributed by atoms with Crippen LogP contribution in [0.2, 0.25) is 0 Å². The monoisotopic (exact) mass is 520 g/mol. The zero-order valence-electron chi connectivity index (χ0n) is 22.3. The standard InChI is InChI=1S/C28H36N6O4/c1-19(35)32-11-6-20(7-12-32)24-16-22(15-23-17-25(38-27(23)24)28(37)31(2)3)21-5-4-10-33(18-21)26(36)8-13-34-14-9-29-30-34/h5,9,14-17,20,29-30H,4,6-8,10-13,18H2,1-3H3. The summed E-state index contributed by atoms with van der Waals surface area (Å²) in [6.45, 7) is 4.87. The van der Waals surface area contributed by atoms with E-state index in [-0.39, 0.29) is 23.6 Å². The number of carbonyl (C=O) groups excluding carboxylic acids is 3. The predicted octanol–water partition coefficient (Wildman–Crippen LogP) is 2.66. The van der Waals surface area contributed by atoms with Crippen LogP contribution in [0, 0.1) is 0 Å². The normalized spacial score (nSPS) is 18.1. The van der Waals surface area contributed by atoms with Gasteiger partial charge in [0.15, 0.2) is 5.76 Å². The van der Waals surface area contributed by atoms with Crippen LogP contribution in [0.25, 0.3) is 16.5 Å². The van der Waals surface area contributed by atoms with Gasteiger partial charge in [-0.05, 0) is 60.1 Å². The Labute approximate surface area is 222 Å². The van der Waals surface area contributed by atoms with Gasteiger partial charge in [0.25, 0.3) is 5.91 Å². The molecule has 3 amide bonds. The number of hydrogen-bond acceptors (Lipinski definition) is 7. The third-order valence-electron chi connectivity index (χ3n) is 7.63. The number of amides is 3. The number of likely N-dealkylation sites (tertiary alicyclic amines) is 1. The minimum absolute atomic E-state index is 0.101. The first-order chi connectivity index (χ1) is 18.3. The van der Waals surface area contributed by atoms with Crippen LogP contribution in [0.15, 0.2) is 41.1 Å². The van der Waals surface area contributed by atoms with E-state index in [0.29, 0.717) is 44.9 Å². The largest absolute Gasteiger partial charge is 0.451 e. The molecule has 2 N–H and O–H groups in total. The molecule has 202 valence electrons.